The van der Waals surface area contributed by atoms with E-state index in [1.54, 1.807) is 58.0 Å². The number of hydrogen-bond acceptors (Lipinski definition) is 4. The van der Waals surface area contributed by atoms with Gasteiger partial charge in [0.2, 0.25) is 0 Å². The second-order valence-electron chi connectivity index (χ2n) is 4.54. The Morgan fingerprint density at radius 3 is 1.55 bits per heavy atom. The highest BCUT2D eigenvalue weighted by atomic mass is 33.1. The van der Waals surface area contributed by atoms with Gasteiger partial charge in [-0.05, 0) is 35.4 Å². The van der Waals surface area contributed by atoms with Crippen molar-refractivity contribution in [3.63, 3.8) is 0 Å². The number of hydrogen-bond donors (Lipinski definition) is 2. The lowest BCUT2D eigenvalue weighted by Gasteiger charge is -2.04. The van der Waals surface area contributed by atoms with E-state index in [1.165, 1.54) is 0 Å². The van der Waals surface area contributed by atoms with Crippen LogP contribution >= 0.6 is 21.6 Å². The highest BCUT2D eigenvalue weighted by Crippen LogP contribution is 2.29. The van der Waals surface area contributed by atoms with Gasteiger partial charge in [-0.1, -0.05) is 45.9 Å². The summed E-state index contributed by atoms with van der Waals surface area (Å²) in [6.45, 7) is 0. The third kappa shape index (κ3) is 4.82. The van der Waals surface area contributed by atoms with Crippen molar-refractivity contribution in [1.82, 2.24) is 0 Å². The number of carboxylic acids is 2. The average Bonchev–Trinajstić information content (AvgIpc) is 2.52. The lowest BCUT2D eigenvalue weighted by molar-refractivity contribution is 0.0686. The Kier molecular flexibility index (Phi) is 5.91. The first-order valence-electron chi connectivity index (χ1n) is 6.45. The standard InChI is InChI=1S/C16H14O4S2/c17-15(18)13-5-1-3-11(7-13)9-21-22-10-12-4-2-6-14(8-12)16(19)20/h1-8H,9-10H2,(H,17,18)(H,19,20). The highest BCUT2D eigenvalue weighted by Gasteiger charge is 2.05. The third-order valence-electron chi connectivity index (χ3n) is 2.88. The van der Waals surface area contributed by atoms with Crippen molar-refractivity contribution in [2.24, 2.45) is 0 Å². The van der Waals surface area contributed by atoms with E-state index < -0.39 is 11.9 Å². The van der Waals surface area contributed by atoms with Gasteiger partial charge in [0.15, 0.2) is 0 Å². The first-order valence-corrected chi connectivity index (χ1v) is 8.94. The van der Waals surface area contributed by atoms with E-state index in [0.29, 0.717) is 11.5 Å². The van der Waals surface area contributed by atoms with E-state index >= 15 is 0 Å². The Morgan fingerprint density at radius 2 is 1.18 bits per heavy atom. The molecule has 0 aliphatic rings. The molecule has 0 aliphatic carbocycles. The molecule has 2 rings (SSSR count). The predicted octanol–water partition coefficient (Wildman–Crippen LogP) is 4.16. The summed E-state index contributed by atoms with van der Waals surface area (Å²) in [6.07, 6.45) is 0. The lowest BCUT2D eigenvalue weighted by atomic mass is 10.1. The first kappa shape index (κ1) is 16.5. The molecule has 0 saturated heterocycles. The molecular weight excluding hydrogens is 320 g/mol. The molecule has 2 aromatic carbocycles. The molecule has 0 aromatic heterocycles. The molecule has 0 atom stereocenters. The third-order valence-corrected chi connectivity index (χ3v) is 5.16. The van der Waals surface area contributed by atoms with E-state index in [0.717, 1.165) is 11.1 Å². The molecule has 4 nitrogen and oxygen atoms in total. The fraction of sp³-hybridized carbons (Fsp3) is 0.125. The van der Waals surface area contributed by atoms with Crippen molar-refractivity contribution in [3.8, 4) is 0 Å². The lowest BCUT2D eigenvalue weighted by Crippen LogP contribution is -1.96. The summed E-state index contributed by atoms with van der Waals surface area (Å²) < 4.78 is 0. The van der Waals surface area contributed by atoms with Crippen LogP contribution in [0.4, 0.5) is 0 Å². The predicted molar refractivity (Wildman–Crippen MR) is 89.4 cm³/mol. The van der Waals surface area contributed by atoms with Crippen molar-refractivity contribution in [2.75, 3.05) is 0 Å². The molecule has 0 radical (unpaired) electrons. The molecule has 0 unspecified atom stereocenters. The van der Waals surface area contributed by atoms with Gasteiger partial charge in [-0.3, -0.25) is 0 Å². The van der Waals surface area contributed by atoms with Crippen LogP contribution in [0.1, 0.15) is 31.8 Å². The minimum Gasteiger partial charge on any atom is -0.478 e. The molecule has 0 bridgehead atoms. The highest BCUT2D eigenvalue weighted by molar-refractivity contribution is 8.76. The van der Waals surface area contributed by atoms with E-state index in [-0.39, 0.29) is 11.1 Å². The average molecular weight is 334 g/mol. The number of carboxylic acid groups (broad SMARTS) is 2. The van der Waals surface area contributed by atoms with Gasteiger partial charge < -0.3 is 10.2 Å². The van der Waals surface area contributed by atoms with Crippen LogP contribution in [0.25, 0.3) is 0 Å². The minimum absolute atomic E-state index is 0.289. The van der Waals surface area contributed by atoms with Crippen molar-refractivity contribution in [3.05, 3.63) is 70.8 Å². The van der Waals surface area contributed by atoms with Crippen molar-refractivity contribution in [1.29, 1.82) is 0 Å². The minimum atomic E-state index is -0.926. The van der Waals surface area contributed by atoms with E-state index in [2.05, 4.69) is 0 Å². The molecule has 0 spiro atoms. The monoisotopic (exact) mass is 334 g/mol. The Labute approximate surface area is 136 Å². The Balaban J connectivity index is 1.84. The fourth-order valence-corrected chi connectivity index (χ4v) is 3.92. The second kappa shape index (κ2) is 7.91. The summed E-state index contributed by atoms with van der Waals surface area (Å²) >= 11 is 0. The Hall–Kier alpha value is -1.92. The zero-order chi connectivity index (χ0) is 15.9. The Bertz CT molecular complexity index is 626. The van der Waals surface area contributed by atoms with Crippen LogP contribution in [0.5, 0.6) is 0 Å². The SMILES string of the molecule is O=C(O)c1cccc(CSSCc2cccc(C(=O)O)c2)c1. The molecule has 22 heavy (non-hydrogen) atoms. The maximum absolute atomic E-state index is 10.9. The normalized spacial score (nSPS) is 10.4. The van der Waals surface area contributed by atoms with E-state index in [9.17, 15) is 9.59 Å². The summed E-state index contributed by atoms with van der Waals surface area (Å²) in [7, 11) is 3.22. The molecular formula is C16H14O4S2. The first-order chi connectivity index (χ1) is 10.6. The number of benzene rings is 2. The molecule has 0 fully saturated rings. The number of aromatic carboxylic acids is 2. The molecule has 2 N–H and O–H groups in total. The van der Waals surface area contributed by atoms with Gasteiger partial charge >= 0.3 is 11.9 Å². The Morgan fingerprint density at radius 1 is 0.773 bits per heavy atom. The maximum atomic E-state index is 10.9. The maximum Gasteiger partial charge on any atom is 0.335 e. The van der Waals surface area contributed by atoms with Crippen LogP contribution in [0.2, 0.25) is 0 Å². The summed E-state index contributed by atoms with van der Waals surface area (Å²) in [5.74, 6) is -0.454. The van der Waals surface area contributed by atoms with Crippen LogP contribution in [0, 0.1) is 0 Å². The zero-order valence-electron chi connectivity index (χ0n) is 11.6. The summed E-state index contributed by atoms with van der Waals surface area (Å²) in [4.78, 5) is 21.8. The van der Waals surface area contributed by atoms with E-state index in [1.807, 2.05) is 12.1 Å². The number of carbonyl (C=O) groups is 2. The van der Waals surface area contributed by atoms with Crippen LogP contribution in [-0.2, 0) is 11.5 Å². The van der Waals surface area contributed by atoms with Crippen LogP contribution in [0.3, 0.4) is 0 Å². The summed E-state index contributed by atoms with van der Waals surface area (Å²) in [5, 5.41) is 17.9. The molecule has 0 heterocycles. The molecule has 0 saturated carbocycles. The van der Waals surface area contributed by atoms with Crippen molar-refractivity contribution < 1.29 is 19.8 Å². The van der Waals surface area contributed by atoms with Crippen LogP contribution < -0.4 is 0 Å². The van der Waals surface area contributed by atoms with Crippen LogP contribution in [-0.4, -0.2) is 22.2 Å². The largest absolute Gasteiger partial charge is 0.478 e. The molecule has 6 heteroatoms. The van der Waals surface area contributed by atoms with Gasteiger partial charge in [0.05, 0.1) is 11.1 Å². The quantitative estimate of drug-likeness (QED) is 0.585. The van der Waals surface area contributed by atoms with Gasteiger partial charge in [-0.2, -0.15) is 0 Å². The second-order valence-corrected chi connectivity index (χ2v) is 7.00. The fourth-order valence-electron chi connectivity index (χ4n) is 1.81. The summed E-state index contributed by atoms with van der Waals surface area (Å²) in [6, 6.07) is 13.7. The van der Waals surface area contributed by atoms with E-state index in [4.69, 9.17) is 10.2 Å². The topological polar surface area (TPSA) is 74.6 Å². The molecule has 114 valence electrons. The van der Waals surface area contributed by atoms with Crippen molar-refractivity contribution >= 4 is 33.5 Å². The number of rotatable bonds is 7. The van der Waals surface area contributed by atoms with Gasteiger partial charge in [-0.15, -0.1) is 0 Å². The zero-order valence-corrected chi connectivity index (χ0v) is 13.2. The molecule has 0 amide bonds. The van der Waals surface area contributed by atoms with Gasteiger partial charge in [0.25, 0.3) is 0 Å². The molecule has 2 aromatic rings. The molecule has 0 aliphatic heterocycles. The summed E-state index contributed by atoms with van der Waals surface area (Å²) in [5.41, 5.74) is 2.49. The van der Waals surface area contributed by atoms with Gasteiger partial charge in [0.1, 0.15) is 0 Å². The van der Waals surface area contributed by atoms with Crippen molar-refractivity contribution in [2.45, 2.75) is 11.5 Å². The van der Waals surface area contributed by atoms with Gasteiger partial charge in [-0.25, -0.2) is 9.59 Å². The van der Waals surface area contributed by atoms with Crippen LogP contribution in [0.15, 0.2) is 48.5 Å². The van der Waals surface area contributed by atoms with Gasteiger partial charge in [0, 0.05) is 11.5 Å². The smallest absolute Gasteiger partial charge is 0.335 e.